The van der Waals surface area contributed by atoms with Crippen LogP contribution in [-0.4, -0.2) is 11.7 Å². The normalized spacial score (nSPS) is 12.0. The molecule has 0 aromatic heterocycles. The van der Waals surface area contributed by atoms with Gasteiger partial charge in [0.05, 0.1) is 11.8 Å². The average molecular weight is 345 g/mol. The Morgan fingerprint density at radius 2 is 1.83 bits per heavy atom. The van der Waals surface area contributed by atoms with E-state index < -0.39 is 0 Å². The number of nitrogens with one attached hydrogen (secondary N) is 1. The highest BCUT2D eigenvalue weighted by atomic mass is 32.2. The molecular weight excluding hydrogens is 321 g/mol. The van der Waals surface area contributed by atoms with Crippen LogP contribution in [0.5, 0.6) is 0 Å². The lowest BCUT2D eigenvalue weighted by Gasteiger charge is -2.18. The molecule has 2 aromatic carbocycles. The van der Waals surface area contributed by atoms with Crippen molar-refractivity contribution in [1.29, 1.82) is 0 Å². The predicted octanol–water partition coefficient (Wildman–Crippen LogP) is 4.94. The molecule has 24 heavy (non-hydrogen) atoms. The number of aryl methyl sites for hydroxylation is 2. The Kier molecular flexibility index (Phi) is 6.85. The summed E-state index contributed by atoms with van der Waals surface area (Å²) in [6, 6.07) is 12.8. The maximum Gasteiger partial charge on any atom is 0.230 e. The van der Waals surface area contributed by atoms with Crippen LogP contribution in [0.3, 0.4) is 0 Å². The number of halogens is 1. The van der Waals surface area contributed by atoms with Gasteiger partial charge in [-0.05, 0) is 54.7 Å². The van der Waals surface area contributed by atoms with E-state index in [1.165, 1.54) is 35.0 Å². The van der Waals surface area contributed by atoms with Crippen molar-refractivity contribution >= 4 is 17.7 Å². The molecule has 2 rings (SSSR count). The van der Waals surface area contributed by atoms with E-state index in [9.17, 15) is 9.18 Å². The van der Waals surface area contributed by atoms with Crippen LogP contribution in [0.4, 0.5) is 4.39 Å². The van der Waals surface area contributed by atoms with E-state index in [-0.39, 0.29) is 17.8 Å². The summed E-state index contributed by atoms with van der Waals surface area (Å²) in [6.45, 7) is 6.25. The van der Waals surface area contributed by atoms with Crippen molar-refractivity contribution in [2.45, 2.75) is 39.0 Å². The summed E-state index contributed by atoms with van der Waals surface area (Å²) in [5.41, 5.74) is 4.67. The molecule has 0 aliphatic rings. The third-order valence-corrected chi connectivity index (χ3v) is 5.10. The predicted molar refractivity (Wildman–Crippen MR) is 99.7 cm³/mol. The molecule has 0 saturated heterocycles. The molecule has 128 valence electrons. The summed E-state index contributed by atoms with van der Waals surface area (Å²) in [6.07, 6.45) is 0.858. The molecule has 0 bridgehead atoms. The molecule has 1 N–H and O–H groups in total. The van der Waals surface area contributed by atoms with E-state index in [1.807, 2.05) is 0 Å². The van der Waals surface area contributed by atoms with Gasteiger partial charge in [-0.15, -0.1) is 11.8 Å². The fourth-order valence-corrected chi connectivity index (χ4v) is 3.28. The van der Waals surface area contributed by atoms with E-state index in [1.54, 1.807) is 12.1 Å². The van der Waals surface area contributed by atoms with Gasteiger partial charge in [0.25, 0.3) is 0 Å². The van der Waals surface area contributed by atoms with E-state index in [4.69, 9.17) is 0 Å². The van der Waals surface area contributed by atoms with Crippen LogP contribution >= 0.6 is 11.8 Å². The highest BCUT2D eigenvalue weighted by Gasteiger charge is 2.13. The van der Waals surface area contributed by atoms with Crippen molar-refractivity contribution < 1.29 is 9.18 Å². The minimum Gasteiger partial charge on any atom is -0.349 e. The van der Waals surface area contributed by atoms with Gasteiger partial charge in [0.1, 0.15) is 5.82 Å². The highest BCUT2D eigenvalue weighted by molar-refractivity contribution is 7.99. The standard InChI is InChI=1S/C20H24FNOS/c1-4-19(17-8-5-14(2)15(3)11-17)22-20(23)13-24-12-16-6-9-18(21)10-7-16/h5-11,19H,4,12-13H2,1-3H3,(H,22,23)/t19-/m1/s1. The SMILES string of the molecule is CC[C@@H](NC(=O)CSCc1ccc(F)cc1)c1ccc(C)c(C)c1. The second-order valence-electron chi connectivity index (χ2n) is 5.99. The third kappa shape index (κ3) is 5.38. The van der Waals surface area contributed by atoms with Gasteiger partial charge in [0, 0.05) is 5.75 Å². The second-order valence-corrected chi connectivity index (χ2v) is 6.98. The second kappa shape index (κ2) is 8.88. The lowest BCUT2D eigenvalue weighted by molar-refractivity contribution is -0.119. The number of rotatable bonds is 7. The number of amides is 1. The Balaban J connectivity index is 1.85. The third-order valence-electron chi connectivity index (χ3n) is 4.09. The summed E-state index contributed by atoms with van der Waals surface area (Å²) in [7, 11) is 0. The number of hydrogen-bond donors (Lipinski definition) is 1. The zero-order valence-electron chi connectivity index (χ0n) is 14.4. The lowest BCUT2D eigenvalue weighted by Crippen LogP contribution is -2.29. The molecule has 0 saturated carbocycles. The van der Waals surface area contributed by atoms with E-state index in [0.29, 0.717) is 11.5 Å². The lowest BCUT2D eigenvalue weighted by atomic mass is 9.99. The monoisotopic (exact) mass is 345 g/mol. The molecule has 2 aromatic rings. The Hall–Kier alpha value is -1.81. The first-order valence-corrected chi connectivity index (χ1v) is 9.33. The zero-order valence-corrected chi connectivity index (χ0v) is 15.3. The van der Waals surface area contributed by atoms with Crippen LogP contribution in [0, 0.1) is 19.7 Å². The van der Waals surface area contributed by atoms with E-state index in [2.05, 4.69) is 44.3 Å². The summed E-state index contributed by atoms with van der Waals surface area (Å²) in [5, 5.41) is 3.11. The number of thioether (sulfide) groups is 1. The van der Waals surface area contributed by atoms with Crippen molar-refractivity contribution in [3.63, 3.8) is 0 Å². The Labute approximate surface area is 147 Å². The van der Waals surface area contributed by atoms with Crippen LogP contribution in [0.2, 0.25) is 0 Å². The quantitative estimate of drug-likeness (QED) is 0.770. The van der Waals surface area contributed by atoms with Crippen molar-refractivity contribution in [3.05, 3.63) is 70.5 Å². The Morgan fingerprint density at radius 3 is 2.46 bits per heavy atom. The summed E-state index contributed by atoms with van der Waals surface area (Å²) in [4.78, 5) is 12.2. The number of carbonyl (C=O) groups is 1. The minimum atomic E-state index is -0.235. The fourth-order valence-electron chi connectivity index (χ4n) is 2.48. The first kappa shape index (κ1) is 18.5. The van der Waals surface area contributed by atoms with Crippen molar-refractivity contribution in [3.8, 4) is 0 Å². The number of carbonyl (C=O) groups excluding carboxylic acids is 1. The molecule has 2 nitrogen and oxygen atoms in total. The van der Waals surface area contributed by atoms with Gasteiger partial charge in [-0.2, -0.15) is 0 Å². The largest absolute Gasteiger partial charge is 0.349 e. The molecule has 4 heteroatoms. The average Bonchev–Trinajstić information content (AvgIpc) is 2.57. The molecule has 0 radical (unpaired) electrons. The fraction of sp³-hybridized carbons (Fsp3) is 0.350. The van der Waals surface area contributed by atoms with Crippen LogP contribution in [0.25, 0.3) is 0 Å². The number of hydrogen-bond acceptors (Lipinski definition) is 2. The van der Waals surface area contributed by atoms with Gasteiger partial charge >= 0.3 is 0 Å². The molecule has 0 fully saturated rings. The number of benzene rings is 2. The van der Waals surface area contributed by atoms with Crippen molar-refractivity contribution in [2.24, 2.45) is 0 Å². The summed E-state index contributed by atoms with van der Waals surface area (Å²) < 4.78 is 12.9. The highest BCUT2D eigenvalue weighted by Crippen LogP contribution is 2.20. The van der Waals surface area contributed by atoms with Crippen LogP contribution in [-0.2, 0) is 10.5 Å². The molecule has 0 unspecified atom stereocenters. The van der Waals surface area contributed by atoms with Gasteiger partial charge < -0.3 is 5.32 Å². The minimum absolute atomic E-state index is 0.0344. The van der Waals surface area contributed by atoms with Crippen molar-refractivity contribution in [2.75, 3.05) is 5.75 Å². The molecule has 1 amide bonds. The van der Waals surface area contributed by atoms with Crippen LogP contribution in [0.15, 0.2) is 42.5 Å². The maximum atomic E-state index is 12.9. The van der Waals surface area contributed by atoms with Gasteiger partial charge in [0.2, 0.25) is 5.91 Å². The van der Waals surface area contributed by atoms with Gasteiger partial charge in [-0.3, -0.25) is 4.79 Å². The topological polar surface area (TPSA) is 29.1 Å². The summed E-state index contributed by atoms with van der Waals surface area (Å²) in [5.74, 6) is 0.903. The Bertz CT molecular complexity index is 685. The molecule has 0 heterocycles. The van der Waals surface area contributed by atoms with Crippen LogP contribution < -0.4 is 5.32 Å². The Morgan fingerprint density at radius 1 is 1.12 bits per heavy atom. The smallest absolute Gasteiger partial charge is 0.230 e. The van der Waals surface area contributed by atoms with Gasteiger partial charge in [0.15, 0.2) is 0 Å². The molecule has 1 atom stereocenters. The van der Waals surface area contributed by atoms with Gasteiger partial charge in [-0.25, -0.2) is 4.39 Å². The zero-order chi connectivity index (χ0) is 17.5. The van der Waals surface area contributed by atoms with E-state index >= 15 is 0 Å². The molecule has 0 aliphatic carbocycles. The molecular formula is C20H24FNOS. The first-order chi connectivity index (χ1) is 11.5. The molecule has 0 spiro atoms. The van der Waals surface area contributed by atoms with Crippen molar-refractivity contribution in [1.82, 2.24) is 5.32 Å². The van der Waals surface area contributed by atoms with E-state index in [0.717, 1.165) is 17.5 Å². The molecule has 0 aliphatic heterocycles. The maximum absolute atomic E-state index is 12.9. The summed E-state index contributed by atoms with van der Waals surface area (Å²) >= 11 is 1.54. The van der Waals surface area contributed by atoms with Crippen LogP contribution in [0.1, 0.15) is 41.6 Å². The first-order valence-electron chi connectivity index (χ1n) is 8.18. The van der Waals surface area contributed by atoms with Gasteiger partial charge in [-0.1, -0.05) is 37.3 Å².